The molecule has 11 heteroatoms. The molecule has 5 aromatic rings. The molecule has 38 heavy (non-hydrogen) atoms. The Labute approximate surface area is 219 Å². The molecule has 0 radical (unpaired) electrons. The Hall–Kier alpha value is -4.69. The lowest BCUT2D eigenvalue weighted by molar-refractivity contribution is 0.204. The third kappa shape index (κ3) is 4.35. The summed E-state index contributed by atoms with van der Waals surface area (Å²) in [4.78, 5) is 13.4. The highest BCUT2D eigenvalue weighted by Gasteiger charge is 2.28. The summed E-state index contributed by atoms with van der Waals surface area (Å²) in [6.45, 7) is 5.28. The second-order valence-corrected chi connectivity index (χ2v) is 9.12. The van der Waals surface area contributed by atoms with Crippen molar-refractivity contribution in [3.05, 3.63) is 60.7 Å². The Balaban J connectivity index is 1.23. The number of methoxy groups -OCH3 is 1. The number of aromatic nitrogens is 6. The van der Waals surface area contributed by atoms with Crippen LogP contribution in [0.5, 0.6) is 11.6 Å². The minimum atomic E-state index is -0.254. The van der Waals surface area contributed by atoms with Crippen LogP contribution in [0.4, 0.5) is 5.82 Å². The van der Waals surface area contributed by atoms with Gasteiger partial charge in [-0.25, -0.2) is 14.5 Å². The number of ether oxygens (including phenoxy) is 2. The number of hydrogen-bond donors (Lipinski definition) is 1. The van der Waals surface area contributed by atoms with Crippen molar-refractivity contribution in [3.8, 4) is 28.8 Å². The summed E-state index contributed by atoms with van der Waals surface area (Å²) >= 11 is 0. The third-order valence-corrected chi connectivity index (χ3v) is 6.83. The van der Waals surface area contributed by atoms with Crippen LogP contribution in [0.15, 0.2) is 55.1 Å². The van der Waals surface area contributed by atoms with E-state index in [4.69, 9.17) is 14.5 Å². The van der Waals surface area contributed by atoms with Crippen molar-refractivity contribution in [2.24, 2.45) is 0 Å². The molecule has 1 fully saturated rings. The molecule has 1 aliphatic heterocycles. The van der Waals surface area contributed by atoms with Gasteiger partial charge in [0.1, 0.15) is 17.6 Å². The van der Waals surface area contributed by atoms with Crippen LogP contribution in [0.3, 0.4) is 0 Å². The van der Waals surface area contributed by atoms with Gasteiger partial charge in [-0.3, -0.25) is 10.00 Å². The number of nitrogens with zero attached hydrogens (tertiary/aromatic N) is 8. The SMILES string of the molecule is CCOc1cc(-c2ccc(N3CCN(Cc4ccc(OC)nc4)C(C#N)C3)nc2)c2c3cn[nH]c3nn2c1. The van der Waals surface area contributed by atoms with E-state index in [2.05, 4.69) is 42.2 Å². The summed E-state index contributed by atoms with van der Waals surface area (Å²) in [6, 6.07) is 12.1. The highest BCUT2D eigenvalue weighted by Crippen LogP contribution is 2.33. The Morgan fingerprint density at radius 3 is 2.79 bits per heavy atom. The largest absolute Gasteiger partial charge is 0.492 e. The van der Waals surface area contributed by atoms with Gasteiger partial charge in [0.25, 0.3) is 0 Å². The first-order chi connectivity index (χ1) is 18.7. The van der Waals surface area contributed by atoms with Crippen LogP contribution < -0.4 is 14.4 Å². The third-order valence-electron chi connectivity index (χ3n) is 6.83. The summed E-state index contributed by atoms with van der Waals surface area (Å²) in [5.41, 5.74) is 4.62. The van der Waals surface area contributed by atoms with E-state index in [1.54, 1.807) is 19.5 Å². The van der Waals surface area contributed by atoms with Gasteiger partial charge >= 0.3 is 0 Å². The smallest absolute Gasteiger partial charge is 0.212 e. The molecule has 1 atom stereocenters. The number of nitrogens with one attached hydrogen (secondary N) is 1. The van der Waals surface area contributed by atoms with E-state index in [1.807, 2.05) is 48.1 Å². The molecule has 1 saturated heterocycles. The number of hydrogen-bond acceptors (Lipinski definition) is 9. The average molecular weight is 510 g/mol. The lowest BCUT2D eigenvalue weighted by atomic mass is 10.1. The first-order valence-electron chi connectivity index (χ1n) is 12.5. The number of fused-ring (bicyclic) bond motifs is 3. The number of rotatable bonds is 7. The molecule has 11 nitrogen and oxygen atoms in total. The molecule has 5 aromatic heterocycles. The average Bonchev–Trinajstić information content (AvgIpc) is 3.55. The van der Waals surface area contributed by atoms with Gasteiger partial charge in [-0.15, -0.1) is 5.10 Å². The van der Waals surface area contributed by atoms with Gasteiger partial charge in [-0.2, -0.15) is 10.4 Å². The van der Waals surface area contributed by atoms with Crippen LogP contribution in [0.2, 0.25) is 0 Å². The van der Waals surface area contributed by atoms with Crippen LogP contribution in [0, 0.1) is 11.3 Å². The van der Waals surface area contributed by atoms with Crippen LogP contribution in [0.25, 0.3) is 27.7 Å². The fraction of sp³-hybridized carbons (Fsp3) is 0.296. The van der Waals surface area contributed by atoms with E-state index in [9.17, 15) is 5.26 Å². The summed E-state index contributed by atoms with van der Waals surface area (Å²) in [6.07, 6.45) is 7.33. The summed E-state index contributed by atoms with van der Waals surface area (Å²) in [5.74, 6) is 2.16. The molecule has 1 N–H and O–H groups in total. The number of aromatic amines is 1. The van der Waals surface area contributed by atoms with Gasteiger partial charge in [0.2, 0.25) is 5.88 Å². The molecule has 1 aliphatic rings. The number of anilines is 1. The molecular formula is C27H27N9O2. The number of H-pyrrole nitrogens is 1. The van der Waals surface area contributed by atoms with E-state index in [0.717, 1.165) is 57.9 Å². The fourth-order valence-electron chi connectivity index (χ4n) is 4.94. The lowest BCUT2D eigenvalue weighted by Gasteiger charge is -2.38. The summed E-state index contributed by atoms with van der Waals surface area (Å²) in [5, 5.41) is 22.5. The van der Waals surface area contributed by atoms with Crippen LogP contribution >= 0.6 is 0 Å². The number of piperazine rings is 1. The first kappa shape index (κ1) is 23.7. The van der Waals surface area contributed by atoms with Gasteiger partial charge in [-0.1, -0.05) is 6.07 Å². The molecule has 0 bridgehead atoms. The molecule has 0 aliphatic carbocycles. The zero-order chi connectivity index (χ0) is 26.1. The predicted octanol–water partition coefficient (Wildman–Crippen LogP) is 3.29. The van der Waals surface area contributed by atoms with Crippen molar-refractivity contribution in [3.63, 3.8) is 0 Å². The van der Waals surface area contributed by atoms with Crippen LogP contribution in [0.1, 0.15) is 12.5 Å². The highest BCUT2D eigenvalue weighted by atomic mass is 16.5. The van der Waals surface area contributed by atoms with Gasteiger partial charge in [-0.05, 0) is 30.7 Å². The number of nitriles is 1. The maximum atomic E-state index is 9.90. The van der Waals surface area contributed by atoms with Crippen molar-refractivity contribution in [2.75, 3.05) is 38.3 Å². The van der Waals surface area contributed by atoms with Gasteiger partial charge in [0, 0.05) is 55.8 Å². The van der Waals surface area contributed by atoms with Gasteiger partial charge < -0.3 is 14.4 Å². The second-order valence-electron chi connectivity index (χ2n) is 9.12. The second kappa shape index (κ2) is 9.99. The minimum absolute atomic E-state index is 0.254. The molecule has 0 spiro atoms. The van der Waals surface area contributed by atoms with Crippen molar-refractivity contribution in [1.29, 1.82) is 5.26 Å². The van der Waals surface area contributed by atoms with Crippen molar-refractivity contribution in [2.45, 2.75) is 19.5 Å². The molecule has 1 unspecified atom stereocenters. The highest BCUT2D eigenvalue weighted by molar-refractivity contribution is 6.00. The molecule has 0 amide bonds. The zero-order valence-electron chi connectivity index (χ0n) is 21.2. The molecule has 6 heterocycles. The Morgan fingerprint density at radius 1 is 1.13 bits per heavy atom. The molecule has 192 valence electrons. The molecule has 0 aromatic carbocycles. The van der Waals surface area contributed by atoms with Crippen molar-refractivity contribution in [1.82, 2.24) is 34.7 Å². The lowest BCUT2D eigenvalue weighted by Crippen LogP contribution is -2.52. The maximum Gasteiger partial charge on any atom is 0.212 e. The van der Waals surface area contributed by atoms with Gasteiger partial charge in [0.05, 0.1) is 43.1 Å². The Bertz CT molecular complexity index is 1600. The molecule has 0 saturated carbocycles. The standard InChI is InChI=1S/C27H27N9O2/c1-3-38-21-10-22(26-23-14-31-32-27(23)33-36(26)17-21)19-5-6-24(29-13-19)35-9-8-34(20(11-28)16-35)15-18-4-7-25(37-2)30-12-18/h4-7,10,12-14,17,20H,3,8-9,15-16H2,1-2H3,(H,32,33). The Kier molecular flexibility index (Phi) is 6.23. The molecular weight excluding hydrogens is 482 g/mol. The predicted molar refractivity (Wildman–Crippen MR) is 142 cm³/mol. The zero-order valence-corrected chi connectivity index (χ0v) is 21.2. The van der Waals surface area contributed by atoms with Gasteiger partial charge in [0.15, 0.2) is 5.65 Å². The van der Waals surface area contributed by atoms with E-state index in [-0.39, 0.29) is 6.04 Å². The summed E-state index contributed by atoms with van der Waals surface area (Å²) in [7, 11) is 1.60. The quantitative estimate of drug-likeness (QED) is 0.352. The Morgan fingerprint density at radius 2 is 2.05 bits per heavy atom. The van der Waals surface area contributed by atoms with Crippen LogP contribution in [-0.2, 0) is 6.54 Å². The first-order valence-corrected chi connectivity index (χ1v) is 12.5. The van der Waals surface area contributed by atoms with E-state index in [0.29, 0.717) is 25.6 Å². The summed E-state index contributed by atoms with van der Waals surface area (Å²) < 4.78 is 12.8. The van der Waals surface area contributed by atoms with Crippen molar-refractivity contribution < 1.29 is 9.47 Å². The van der Waals surface area contributed by atoms with Crippen LogP contribution in [-0.4, -0.2) is 74.1 Å². The maximum absolute atomic E-state index is 9.90. The topological polar surface area (TPSA) is 120 Å². The normalized spacial score (nSPS) is 16.1. The molecule has 6 rings (SSSR count). The monoisotopic (exact) mass is 509 g/mol. The van der Waals surface area contributed by atoms with E-state index < -0.39 is 0 Å². The van der Waals surface area contributed by atoms with E-state index in [1.165, 1.54) is 0 Å². The van der Waals surface area contributed by atoms with Crippen molar-refractivity contribution >= 4 is 22.4 Å². The van der Waals surface area contributed by atoms with E-state index >= 15 is 0 Å². The number of pyridine rings is 3. The minimum Gasteiger partial charge on any atom is -0.492 e. The fourth-order valence-corrected chi connectivity index (χ4v) is 4.94.